The molecule has 5 nitrogen and oxygen atoms in total. The number of benzene rings is 2. The number of rotatable bonds is 8. The number of carboxylic acid groups (broad SMARTS) is 1. The summed E-state index contributed by atoms with van der Waals surface area (Å²) in [5.74, 6) is -0.408. The van der Waals surface area contributed by atoms with E-state index < -0.39 is 12.0 Å². The number of hydrogen-bond acceptors (Lipinski definition) is 3. The first-order chi connectivity index (χ1) is 11.6. The van der Waals surface area contributed by atoms with E-state index in [4.69, 9.17) is 9.84 Å². The van der Waals surface area contributed by atoms with Crippen molar-refractivity contribution in [1.82, 2.24) is 5.32 Å². The summed E-state index contributed by atoms with van der Waals surface area (Å²) >= 11 is 0. The maximum Gasteiger partial charge on any atom is 0.305 e. The molecule has 0 bridgehead atoms. The summed E-state index contributed by atoms with van der Waals surface area (Å²) in [7, 11) is 0. The highest BCUT2D eigenvalue weighted by Gasteiger charge is 2.18. The Labute approximate surface area is 141 Å². The number of carboxylic acids is 1. The second-order valence-corrected chi connectivity index (χ2v) is 5.38. The topological polar surface area (TPSA) is 75.6 Å². The van der Waals surface area contributed by atoms with E-state index in [1.165, 1.54) is 0 Å². The molecular formula is C19H21NO4. The van der Waals surface area contributed by atoms with E-state index in [-0.39, 0.29) is 18.7 Å². The lowest BCUT2D eigenvalue weighted by atomic mass is 10.0. The number of aliphatic carboxylic acids is 1. The summed E-state index contributed by atoms with van der Waals surface area (Å²) in [5.41, 5.74) is 1.62. The van der Waals surface area contributed by atoms with Crippen LogP contribution in [0, 0.1) is 0 Å². The van der Waals surface area contributed by atoms with Crippen LogP contribution in [0.3, 0.4) is 0 Å². The SMILES string of the molecule is CCOc1ccc(CC(=O)NC(CC(=O)O)c2ccccc2)cc1. The van der Waals surface area contributed by atoms with Gasteiger partial charge in [-0.25, -0.2) is 0 Å². The molecule has 0 aliphatic carbocycles. The monoisotopic (exact) mass is 327 g/mol. The van der Waals surface area contributed by atoms with Crippen LogP contribution in [-0.4, -0.2) is 23.6 Å². The van der Waals surface area contributed by atoms with Crippen molar-refractivity contribution in [2.75, 3.05) is 6.61 Å². The molecule has 24 heavy (non-hydrogen) atoms. The number of nitrogens with one attached hydrogen (secondary N) is 1. The van der Waals surface area contributed by atoms with Gasteiger partial charge in [0.15, 0.2) is 0 Å². The van der Waals surface area contributed by atoms with Gasteiger partial charge in [0, 0.05) is 0 Å². The molecule has 5 heteroatoms. The van der Waals surface area contributed by atoms with Crippen molar-refractivity contribution in [1.29, 1.82) is 0 Å². The van der Waals surface area contributed by atoms with Gasteiger partial charge in [-0.3, -0.25) is 9.59 Å². The van der Waals surface area contributed by atoms with Gasteiger partial charge in [0.1, 0.15) is 5.75 Å². The number of carbonyl (C=O) groups excluding carboxylic acids is 1. The molecule has 0 radical (unpaired) electrons. The van der Waals surface area contributed by atoms with E-state index >= 15 is 0 Å². The first-order valence-electron chi connectivity index (χ1n) is 7.86. The van der Waals surface area contributed by atoms with Crippen LogP contribution < -0.4 is 10.1 Å². The maximum atomic E-state index is 12.3. The molecule has 2 aromatic rings. The number of ether oxygens (including phenoxy) is 1. The summed E-state index contributed by atoms with van der Waals surface area (Å²) in [5, 5.41) is 11.9. The van der Waals surface area contributed by atoms with Crippen molar-refractivity contribution in [2.24, 2.45) is 0 Å². The third-order valence-electron chi connectivity index (χ3n) is 3.51. The molecule has 1 unspecified atom stereocenters. The van der Waals surface area contributed by atoms with Gasteiger partial charge >= 0.3 is 5.97 Å². The molecule has 0 aliphatic rings. The Morgan fingerprint density at radius 3 is 2.33 bits per heavy atom. The summed E-state index contributed by atoms with van der Waals surface area (Å²) in [6, 6.07) is 15.9. The van der Waals surface area contributed by atoms with Crippen molar-refractivity contribution < 1.29 is 19.4 Å². The van der Waals surface area contributed by atoms with Gasteiger partial charge in [-0.05, 0) is 30.2 Å². The second kappa shape index (κ2) is 8.72. The lowest BCUT2D eigenvalue weighted by molar-refractivity contribution is -0.137. The van der Waals surface area contributed by atoms with Gasteiger partial charge in [-0.1, -0.05) is 42.5 Å². The van der Waals surface area contributed by atoms with Gasteiger partial charge in [-0.2, -0.15) is 0 Å². The molecule has 2 rings (SSSR count). The normalized spacial score (nSPS) is 11.5. The van der Waals surface area contributed by atoms with Crippen molar-refractivity contribution in [3.8, 4) is 5.75 Å². The van der Waals surface area contributed by atoms with Crippen molar-refractivity contribution in [3.05, 3.63) is 65.7 Å². The zero-order chi connectivity index (χ0) is 17.4. The number of hydrogen-bond donors (Lipinski definition) is 2. The molecule has 0 saturated heterocycles. The van der Waals surface area contributed by atoms with Crippen LogP contribution in [-0.2, 0) is 16.0 Å². The minimum absolute atomic E-state index is 0.154. The lowest BCUT2D eigenvalue weighted by Crippen LogP contribution is -2.31. The number of amides is 1. The quantitative estimate of drug-likeness (QED) is 0.781. The van der Waals surface area contributed by atoms with Crippen LogP contribution >= 0.6 is 0 Å². The first kappa shape index (κ1) is 17.5. The molecule has 0 saturated carbocycles. The van der Waals surface area contributed by atoms with Crippen LogP contribution in [0.1, 0.15) is 30.5 Å². The fourth-order valence-electron chi connectivity index (χ4n) is 2.41. The molecule has 126 valence electrons. The first-order valence-corrected chi connectivity index (χ1v) is 7.86. The molecule has 2 N–H and O–H groups in total. The minimum atomic E-state index is -0.953. The Bertz CT molecular complexity index is 668. The molecule has 1 atom stereocenters. The highest BCUT2D eigenvalue weighted by atomic mass is 16.5. The van der Waals surface area contributed by atoms with Gasteiger partial charge in [0.05, 0.1) is 25.5 Å². The van der Waals surface area contributed by atoms with Gasteiger partial charge < -0.3 is 15.2 Å². The molecule has 0 fully saturated rings. The Morgan fingerprint density at radius 2 is 1.75 bits per heavy atom. The van der Waals surface area contributed by atoms with Gasteiger partial charge in [0.25, 0.3) is 0 Å². The zero-order valence-corrected chi connectivity index (χ0v) is 13.6. The van der Waals surface area contributed by atoms with Gasteiger partial charge in [-0.15, -0.1) is 0 Å². The van der Waals surface area contributed by atoms with Crippen molar-refractivity contribution in [3.63, 3.8) is 0 Å². The lowest BCUT2D eigenvalue weighted by Gasteiger charge is -2.17. The average Bonchev–Trinajstić information content (AvgIpc) is 2.57. The molecule has 0 aliphatic heterocycles. The summed E-state index contributed by atoms with van der Waals surface area (Å²) in [6.07, 6.45) is 0.0361. The summed E-state index contributed by atoms with van der Waals surface area (Å²) < 4.78 is 5.37. The van der Waals surface area contributed by atoms with Gasteiger partial charge in [0.2, 0.25) is 5.91 Å². The predicted molar refractivity (Wildman–Crippen MR) is 90.9 cm³/mol. The second-order valence-electron chi connectivity index (χ2n) is 5.38. The third kappa shape index (κ3) is 5.43. The van der Waals surface area contributed by atoms with E-state index in [1.807, 2.05) is 61.5 Å². The third-order valence-corrected chi connectivity index (χ3v) is 3.51. The van der Waals surface area contributed by atoms with E-state index in [1.54, 1.807) is 0 Å². The molecule has 2 aromatic carbocycles. The summed E-state index contributed by atoms with van der Waals surface area (Å²) in [4.78, 5) is 23.3. The highest BCUT2D eigenvalue weighted by Crippen LogP contribution is 2.17. The molecular weight excluding hydrogens is 306 g/mol. The number of carbonyl (C=O) groups is 2. The average molecular weight is 327 g/mol. The van der Waals surface area contributed by atoms with Crippen molar-refractivity contribution in [2.45, 2.75) is 25.8 Å². The van der Waals surface area contributed by atoms with E-state index in [0.29, 0.717) is 6.61 Å². The molecule has 0 aromatic heterocycles. The molecule has 0 spiro atoms. The smallest absolute Gasteiger partial charge is 0.305 e. The van der Waals surface area contributed by atoms with Crippen LogP contribution in [0.15, 0.2) is 54.6 Å². The fourth-order valence-corrected chi connectivity index (χ4v) is 2.41. The zero-order valence-electron chi connectivity index (χ0n) is 13.6. The molecule has 0 heterocycles. The van der Waals surface area contributed by atoms with Crippen LogP contribution in [0.5, 0.6) is 5.75 Å². The molecule has 1 amide bonds. The van der Waals surface area contributed by atoms with Crippen LogP contribution in [0.2, 0.25) is 0 Å². The van der Waals surface area contributed by atoms with E-state index in [9.17, 15) is 9.59 Å². The highest BCUT2D eigenvalue weighted by molar-refractivity contribution is 5.80. The van der Waals surface area contributed by atoms with Crippen LogP contribution in [0.4, 0.5) is 0 Å². The maximum absolute atomic E-state index is 12.3. The Hall–Kier alpha value is -2.82. The standard InChI is InChI=1S/C19H21NO4/c1-2-24-16-10-8-14(9-11-16)12-18(21)20-17(13-19(22)23)15-6-4-3-5-7-15/h3-11,17H,2,12-13H2,1H3,(H,20,21)(H,22,23). The van der Waals surface area contributed by atoms with Crippen LogP contribution in [0.25, 0.3) is 0 Å². The predicted octanol–water partition coefficient (Wildman–Crippen LogP) is 2.96. The summed E-state index contributed by atoms with van der Waals surface area (Å²) in [6.45, 7) is 2.50. The minimum Gasteiger partial charge on any atom is -0.494 e. The van der Waals surface area contributed by atoms with E-state index in [0.717, 1.165) is 16.9 Å². The Morgan fingerprint density at radius 1 is 1.08 bits per heavy atom. The fraction of sp³-hybridized carbons (Fsp3) is 0.263. The van der Waals surface area contributed by atoms with Crippen molar-refractivity contribution >= 4 is 11.9 Å². The largest absolute Gasteiger partial charge is 0.494 e. The Balaban J connectivity index is 2.00. The Kier molecular flexibility index (Phi) is 6.37. The van der Waals surface area contributed by atoms with E-state index in [2.05, 4.69) is 5.32 Å².